The molecule has 0 bridgehead atoms. The van der Waals surface area contributed by atoms with E-state index in [9.17, 15) is 24.6 Å². The number of ketones is 1. The molecule has 3 aliphatic rings. The van der Waals surface area contributed by atoms with Crippen LogP contribution in [0.25, 0.3) is 0 Å². The molecule has 10 atom stereocenters. The Kier molecular flexibility index (Phi) is 7.50. The van der Waals surface area contributed by atoms with E-state index in [1.54, 1.807) is 6.92 Å². The summed E-state index contributed by atoms with van der Waals surface area (Å²) in [5.41, 5.74) is -2.06. The summed E-state index contributed by atoms with van der Waals surface area (Å²) in [7, 11) is 0. The third kappa shape index (κ3) is 4.68. The van der Waals surface area contributed by atoms with Crippen molar-refractivity contribution >= 4 is 17.7 Å². The van der Waals surface area contributed by atoms with Crippen LogP contribution in [0.5, 0.6) is 0 Å². The maximum atomic E-state index is 14.2. The molecule has 3 N–H and O–H groups in total. The van der Waals surface area contributed by atoms with Crippen molar-refractivity contribution < 1.29 is 29.3 Å². The van der Waals surface area contributed by atoms with Crippen LogP contribution in [-0.2, 0) is 25.5 Å². The third-order valence-corrected chi connectivity index (χ3v) is 8.99. The molecular weight excluding hydrogens is 470 g/mol. The summed E-state index contributed by atoms with van der Waals surface area (Å²) < 4.78 is 5.84. The maximum absolute atomic E-state index is 14.2. The minimum atomic E-state index is -1.80. The van der Waals surface area contributed by atoms with Crippen LogP contribution in [0.2, 0.25) is 0 Å². The number of esters is 1. The SMILES string of the molecule is CC(=O)OC1C=CC(C)(O)C(=O)C(C)CC=CC2C(O)C(C)C(C)C3C(Cc4ccccc4)NC(=O)C123. The van der Waals surface area contributed by atoms with Crippen LogP contribution in [0.1, 0.15) is 46.6 Å². The highest BCUT2D eigenvalue weighted by Gasteiger charge is 2.69. The second-order valence-corrected chi connectivity index (χ2v) is 11.4. The van der Waals surface area contributed by atoms with Crippen LogP contribution in [0.4, 0.5) is 0 Å². The molecular formula is C30H39NO6. The summed E-state index contributed by atoms with van der Waals surface area (Å²) in [4.78, 5) is 39.5. The Balaban J connectivity index is 1.94. The van der Waals surface area contributed by atoms with Crippen LogP contribution in [0.15, 0.2) is 54.6 Å². The van der Waals surface area contributed by atoms with E-state index in [-0.39, 0.29) is 35.5 Å². The topological polar surface area (TPSA) is 113 Å². The highest BCUT2D eigenvalue weighted by molar-refractivity contribution is 5.91. The number of nitrogens with one attached hydrogen (secondary N) is 1. The quantitative estimate of drug-likeness (QED) is 0.427. The number of aliphatic hydroxyl groups is 2. The Labute approximate surface area is 219 Å². The average molecular weight is 510 g/mol. The molecule has 1 saturated heterocycles. The highest BCUT2D eigenvalue weighted by Crippen LogP contribution is 2.59. The van der Waals surface area contributed by atoms with Gasteiger partial charge in [0, 0.05) is 30.7 Å². The zero-order chi connectivity index (χ0) is 27.1. The molecule has 4 rings (SSSR count). The highest BCUT2D eigenvalue weighted by atomic mass is 16.5. The third-order valence-electron chi connectivity index (χ3n) is 8.99. The van der Waals surface area contributed by atoms with Crippen LogP contribution < -0.4 is 5.32 Å². The maximum Gasteiger partial charge on any atom is 0.303 e. The van der Waals surface area contributed by atoms with Crippen molar-refractivity contribution in [2.45, 2.75) is 71.3 Å². The molecule has 37 heavy (non-hydrogen) atoms. The molecule has 0 aromatic heterocycles. The van der Waals surface area contributed by atoms with Crippen molar-refractivity contribution in [1.82, 2.24) is 5.32 Å². The van der Waals surface area contributed by atoms with Crippen LogP contribution in [-0.4, -0.2) is 51.7 Å². The molecule has 2 aliphatic carbocycles. The fraction of sp³-hybridized carbons (Fsp3) is 0.567. The van der Waals surface area contributed by atoms with Crippen molar-refractivity contribution in [3.05, 3.63) is 60.2 Å². The first-order chi connectivity index (χ1) is 17.4. The Morgan fingerprint density at radius 1 is 1.11 bits per heavy atom. The number of aliphatic hydroxyl groups excluding tert-OH is 1. The number of Topliss-reactive ketones (excluding diaryl/α,β-unsaturated/α-hetero) is 1. The standard InChI is InChI=1S/C30H39NO6/c1-17-10-9-13-22-26(33)19(3)18(2)25-23(16-21-11-7-6-8-12-21)31-28(35)30(22,25)24(37-20(4)32)14-15-29(5,36)27(17)34/h6-9,11-15,17-19,22-26,33,36H,10,16H2,1-5H3,(H,31,35). The molecule has 7 nitrogen and oxygen atoms in total. The predicted octanol–water partition coefficient (Wildman–Crippen LogP) is 3.00. The first kappa shape index (κ1) is 27.3. The second kappa shape index (κ2) is 10.2. The molecule has 10 unspecified atom stereocenters. The number of carbonyl (C=O) groups excluding carboxylic acids is 3. The number of hydrogen-bond donors (Lipinski definition) is 3. The van der Waals surface area contributed by atoms with Gasteiger partial charge in [-0.1, -0.05) is 63.3 Å². The van der Waals surface area contributed by atoms with E-state index in [4.69, 9.17) is 4.74 Å². The molecule has 1 amide bonds. The Morgan fingerprint density at radius 2 is 1.78 bits per heavy atom. The fourth-order valence-electron chi connectivity index (χ4n) is 6.98. The number of carbonyl (C=O) groups is 3. The number of amides is 1. The zero-order valence-corrected chi connectivity index (χ0v) is 22.3. The summed E-state index contributed by atoms with van der Waals surface area (Å²) in [6, 6.07) is 9.65. The monoisotopic (exact) mass is 509 g/mol. The normalized spacial score (nSPS) is 41.8. The van der Waals surface area contributed by atoms with Crippen LogP contribution >= 0.6 is 0 Å². The van der Waals surface area contributed by atoms with Gasteiger partial charge in [0.2, 0.25) is 5.91 Å². The lowest BCUT2D eigenvalue weighted by molar-refractivity contribution is -0.177. The van der Waals surface area contributed by atoms with Gasteiger partial charge < -0.3 is 20.3 Å². The van der Waals surface area contributed by atoms with Gasteiger partial charge in [-0.2, -0.15) is 0 Å². The smallest absolute Gasteiger partial charge is 0.303 e. The molecule has 1 aliphatic heterocycles. The van der Waals surface area contributed by atoms with Crippen LogP contribution in [0.3, 0.4) is 0 Å². The van der Waals surface area contributed by atoms with Gasteiger partial charge in [0.1, 0.15) is 17.1 Å². The van der Waals surface area contributed by atoms with Crippen LogP contribution in [0, 0.1) is 35.0 Å². The summed E-state index contributed by atoms with van der Waals surface area (Å²) in [5, 5.41) is 25.8. The van der Waals surface area contributed by atoms with Gasteiger partial charge in [0.05, 0.1) is 6.10 Å². The van der Waals surface area contributed by atoms with E-state index in [1.807, 2.05) is 56.3 Å². The molecule has 1 heterocycles. The molecule has 1 aromatic rings. The van der Waals surface area contributed by atoms with Gasteiger partial charge in [-0.05, 0) is 49.3 Å². The number of benzene rings is 1. The number of allylic oxidation sites excluding steroid dienone is 1. The van der Waals surface area contributed by atoms with Gasteiger partial charge in [-0.15, -0.1) is 0 Å². The van der Waals surface area contributed by atoms with Gasteiger partial charge >= 0.3 is 5.97 Å². The largest absolute Gasteiger partial charge is 0.457 e. The summed E-state index contributed by atoms with van der Waals surface area (Å²) in [5.74, 6) is -2.90. The molecule has 1 spiro atoms. The predicted molar refractivity (Wildman–Crippen MR) is 139 cm³/mol. The Morgan fingerprint density at radius 3 is 2.43 bits per heavy atom. The molecule has 1 saturated carbocycles. The first-order valence-corrected chi connectivity index (χ1v) is 13.2. The van der Waals surface area contributed by atoms with E-state index in [2.05, 4.69) is 5.32 Å². The Bertz CT molecular complexity index is 1090. The number of ether oxygens (including phenoxy) is 1. The molecule has 0 radical (unpaired) electrons. The van der Waals surface area contributed by atoms with Crippen molar-refractivity contribution in [2.24, 2.45) is 35.0 Å². The lowest BCUT2D eigenvalue weighted by atomic mass is 9.50. The number of hydrogen-bond acceptors (Lipinski definition) is 6. The van der Waals surface area contributed by atoms with E-state index in [1.165, 1.54) is 26.0 Å². The van der Waals surface area contributed by atoms with E-state index in [0.29, 0.717) is 12.8 Å². The zero-order valence-electron chi connectivity index (χ0n) is 22.3. The second-order valence-electron chi connectivity index (χ2n) is 11.4. The molecule has 1 aromatic carbocycles. The first-order valence-electron chi connectivity index (χ1n) is 13.2. The minimum Gasteiger partial charge on any atom is -0.457 e. The average Bonchev–Trinajstić information content (AvgIpc) is 3.13. The van der Waals surface area contributed by atoms with Gasteiger partial charge in [-0.3, -0.25) is 14.4 Å². The van der Waals surface area contributed by atoms with Gasteiger partial charge in [0.15, 0.2) is 5.78 Å². The van der Waals surface area contributed by atoms with E-state index in [0.717, 1.165) is 5.56 Å². The fourth-order valence-corrected chi connectivity index (χ4v) is 6.98. The van der Waals surface area contributed by atoms with E-state index < -0.39 is 41.0 Å². The molecule has 200 valence electrons. The van der Waals surface area contributed by atoms with Crippen molar-refractivity contribution in [1.29, 1.82) is 0 Å². The van der Waals surface area contributed by atoms with Gasteiger partial charge in [0.25, 0.3) is 0 Å². The lowest BCUT2D eigenvalue weighted by Crippen LogP contribution is -2.62. The lowest BCUT2D eigenvalue weighted by Gasteiger charge is -2.54. The van der Waals surface area contributed by atoms with E-state index >= 15 is 0 Å². The number of rotatable bonds is 3. The van der Waals surface area contributed by atoms with Crippen molar-refractivity contribution in [2.75, 3.05) is 0 Å². The summed E-state index contributed by atoms with van der Waals surface area (Å²) in [6.07, 6.45) is 5.47. The summed E-state index contributed by atoms with van der Waals surface area (Å²) in [6.45, 7) is 8.47. The Hall–Kier alpha value is -2.77. The summed E-state index contributed by atoms with van der Waals surface area (Å²) >= 11 is 0. The van der Waals surface area contributed by atoms with Gasteiger partial charge in [-0.25, -0.2) is 0 Å². The van der Waals surface area contributed by atoms with Crippen molar-refractivity contribution in [3.8, 4) is 0 Å². The molecule has 7 heteroatoms. The van der Waals surface area contributed by atoms with Crippen molar-refractivity contribution in [3.63, 3.8) is 0 Å². The minimum absolute atomic E-state index is 0.0926. The molecule has 2 fully saturated rings.